The molecule has 0 aromatic heterocycles. The number of piperidine rings is 1. The summed E-state index contributed by atoms with van der Waals surface area (Å²) in [5.41, 5.74) is 0. The Morgan fingerprint density at radius 1 is 1.17 bits per heavy atom. The van der Waals surface area contributed by atoms with Crippen LogP contribution >= 0.6 is 0 Å². The minimum atomic E-state index is 0.844. The van der Waals surface area contributed by atoms with Gasteiger partial charge in [-0.2, -0.15) is 0 Å². The summed E-state index contributed by atoms with van der Waals surface area (Å²) in [6.07, 6.45) is 8.46. The number of likely N-dealkylation sites (tertiary alicyclic amines) is 1. The number of fused-ring (bicyclic) bond motifs is 1. The number of hydrogen-bond donors (Lipinski definition) is 1. The van der Waals surface area contributed by atoms with E-state index in [2.05, 4.69) is 17.1 Å². The van der Waals surface area contributed by atoms with Crippen molar-refractivity contribution in [1.29, 1.82) is 0 Å². The molecule has 106 valence electrons. The molecule has 1 aliphatic carbocycles. The number of ether oxygens (including phenoxy) is 1. The fraction of sp³-hybridized carbons (Fsp3) is 1.00. The zero-order chi connectivity index (χ0) is 12.6. The maximum Gasteiger partial charge on any atom is 0.0477 e. The van der Waals surface area contributed by atoms with Crippen LogP contribution in [0.25, 0.3) is 0 Å². The second kappa shape index (κ2) is 8.13. The van der Waals surface area contributed by atoms with Crippen LogP contribution in [0.4, 0.5) is 0 Å². The third-order valence-corrected chi connectivity index (χ3v) is 4.53. The molecular weight excluding hydrogens is 224 g/mol. The summed E-state index contributed by atoms with van der Waals surface area (Å²) >= 11 is 0. The van der Waals surface area contributed by atoms with Gasteiger partial charge in [0.2, 0.25) is 0 Å². The zero-order valence-electron chi connectivity index (χ0n) is 12.0. The van der Waals surface area contributed by atoms with Gasteiger partial charge in [0.1, 0.15) is 0 Å². The van der Waals surface area contributed by atoms with Crippen molar-refractivity contribution in [3.63, 3.8) is 0 Å². The molecule has 2 aliphatic rings. The number of rotatable bonds is 8. The van der Waals surface area contributed by atoms with E-state index in [9.17, 15) is 0 Å². The van der Waals surface area contributed by atoms with Gasteiger partial charge in [-0.25, -0.2) is 0 Å². The second-order valence-corrected chi connectivity index (χ2v) is 5.74. The molecule has 2 rings (SSSR count). The highest BCUT2D eigenvalue weighted by molar-refractivity contribution is 4.89. The number of hydrogen-bond acceptors (Lipinski definition) is 3. The highest BCUT2D eigenvalue weighted by Crippen LogP contribution is 2.36. The predicted molar refractivity (Wildman–Crippen MR) is 75.9 cm³/mol. The minimum absolute atomic E-state index is 0.844. The first-order chi connectivity index (χ1) is 8.92. The van der Waals surface area contributed by atoms with Crippen LogP contribution in [0.2, 0.25) is 0 Å². The van der Waals surface area contributed by atoms with Gasteiger partial charge in [0, 0.05) is 32.3 Å². The van der Waals surface area contributed by atoms with Gasteiger partial charge in [-0.15, -0.1) is 0 Å². The lowest BCUT2D eigenvalue weighted by atomic mass is 9.92. The maximum atomic E-state index is 5.34. The molecule has 0 bridgehead atoms. The van der Waals surface area contributed by atoms with E-state index in [4.69, 9.17) is 4.74 Å². The smallest absolute Gasteiger partial charge is 0.0477 e. The van der Waals surface area contributed by atoms with Gasteiger partial charge in [-0.1, -0.05) is 6.42 Å². The molecule has 1 saturated heterocycles. The third-order valence-electron chi connectivity index (χ3n) is 4.53. The van der Waals surface area contributed by atoms with Gasteiger partial charge in [-0.3, -0.25) is 4.90 Å². The van der Waals surface area contributed by atoms with E-state index in [0.717, 1.165) is 44.7 Å². The van der Waals surface area contributed by atoms with Crippen LogP contribution in [-0.2, 0) is 4.74 Å². The van der Waals surface area contributed by atoms with Crippen LogP contribution in [0.5, 0.6) is 0 Å². The summed E-state index contributed by atoms with van der Waals surface area (Å²) in [7, 11) is 0. The normalized spacial score (nSPS) is 28.5. The summed E-state index contributed by atoms with van der Waals surface area (Å²) in [4.78, 5) is 2.75. The lowest BCUT2D eigenvalue weighted by molar-refractivity contribution is 0.113. The Morgan fingerprint density at radius 2 is 2.06 bits per heavy atom. The highest BCUT2D eigenvalue weighted by Gasteiger charge is 2.34. The van der Waals surface area contributed by atoms with E-state index in [-0.39, 0.29) is 0 Å². The van der Waals surface area contributed by atoms with Crippen molar-refractivity contribution < 1.29 is 4.74 Å². The van der Waals surface area contributed by atoms with Crippen molar-refractivity contribution in [2.45, 2.75) is 51.5 Å². The molecule has 2 fully saturated rings. The molecule has 1 heterocycles. The van der Waals surface area contributed by atoms with Gasteiger partial charge >= 0.3 is 0 Å². The van der Waals surface area contributed by atoms with Crippen molar-refractivity contribution in [2.24, 2.45) is 5.92 Å². The summed E-state index contributed by atoms with van der Waals surface area (Å²) in [6.45, 7) is 8.63. The van der Waals surface area contributed by atoms with E-state index in [0.29, 0.717) is 0 Å². The Morgan fingerprint density at radius 3 is 2.94 bits per heavy atom. The quantitative estimate of drug-likeness (QED) is 0.673. The first-order valence-corrected chi connectivity index (χ1v) is 7.94. The van der Waals surface area contributed by atoms with E-state index in [1.54, 1.807) is 0 Å². The SMILES string of the molecule is CCOCCCNCCN1CCCC2CCCC21. The van der Waals surface area contributed by atoms with Crippen molar-refractivity contribution in [3.8, 4) is 0 Å². The molecular formula is C15H30N2O. The molecule has 1 N–H and O–H groups in total. The molecule has 3 nitrogen and oxygen atoms in total. The molecule has 2 atom stereocenters. The van der Waals surface area contributed by atoms with Crippen molar-refractivity contribution in [3.05, 3.63) is 0 Å². The lowest BCUT2D eigenvalue weighted by Crippen LogP contribution is -2.45. The van der Waals surface area contributed by atoms with Crippen LogP contribution in [0.15, 0.2) is 0 Å². The largest absolute Gasteiger partial charge is 0.382 e. The average molecular weight is 254 g/mol. The van der Waals surface area contributed by atoms with Gasteiger partial charge < -0.3 is 10.1 Å². The van der Waals surface area contributed by atoms with E-state index in [1.165, 1.54) is 45.2 Å². The maximum absolute atomic E-state index is 5.34. The number of nitrogens with zero attached hydrogens (tertiary/aromatic N) is 1. The minimum Gasteiger partial charge on any atom is -0.382 e. The third kappa shape index (κ3) is 4.22. The molecule has 0 aromatic rings. The van der Waals surface area contributed by atoms with Crippen LogP contribution in [0.3, 0.4) is 0 Å². The Balaban J connectivity index is 1.53. The van der Waals surface area contributed by atoms with Gasteiger partial charge in [0.25, 0.3) is 0 Å². The summed E-state index contributed by atoms with van der Waals surface area (Å²) < 4.78 is 5.34. The molecule has 0 aromatic carbocycles. The predicted octanol–water partition coefficient (Wildman–Crippen LogP) is 2.27. The Kier molecular flexibility index (Phi) is 6.46. The molecule has 2 unspecified atom stereocenters. The van der Waals surface area contributed by atoms with E-state index in [1.807, 2.05) is 0 Å². The van der Waals surface area contributed by atoms with Crippen molar-refractivity contribution >= 4 is 0 Å². The number of nitrogens with one attached hydrogen (secondary N) is 1. The highest BCUT2D eigenvalue weighted by atomic mass is 16.5. The fourth-order valence-corrected chi connectivity index (χ4v) is 3.63. The zero-order valence-corrected chi connectivity index (χ0v) is 12.0. The summed E-state index contributed by atoms with van der Waals surface area (Å²) in [5.74, 6) is 1.02. The van der Waals surface area contributed by atoms with E-state index < -0.39 is 0 Å². The van der Waals surface area contributed by atoms with E-state index >= 15 is 0 Å². The van der Waals surface area contributed by atoms with Crippen LogP contribution in [-0.4, -0.2) is 50.3 Å². The van der Waals surface area contributed by atoms with Crippen LogP contribution in [0.1, 0.15) is 45.4 Å². The van der Waals surface area contributed by atoms with Gasteiger partial charge in [0.15, 0.2) is 0 Å². The van der Waals surface area contributed by atoms with Gasteiger partial charge in [-0.05, 0) is 58.0 Å². The molecule has 1 aliphatic heterocycles. The van der Waals surface area contributed by atoms with Crippen molar-refractivity contribution in [2.75, 3.05) is 39.4 Å². The Bertz CT molecular complexity index is 223. The van der Waals surface area contributed by atoms with Crippen molar-refractivity contribution in [1.82, 2.24) is 10.2 Å². The van der Waals surface area contributed by atoms with Gasteiger partial charge in [0.05, 0.1) is 0 Å². The molecule has 18 heavy (non-hydrogen) atoms. The summed E-state index contributed by atoms with van der Waals surface area (Å²) in [6, 6.07) is 0.920. The monoisotopic (exact) mass is 254 g/mol. The molecule has 0 spiro atoms. The molecule has 1 saturated carbocycles. The summed E-state index contributed by atoms with van der Waals surface area (Å²) in [5, 5.41) is 3.55. The molecule has 0 amide bonds. The molecule has 3 heteroatoms. The first kappa shape index (κ1) is 14.3. The fourth-order valence-electron chi connectivity index (χ4n) is 3.63. The Labute approximate surface area is 112 Å². The topological polar surface area (TPSA) is 24.5 Å². The standard InChI is InChI=1S/C15H30N2O/c1-2-18-13-5-9-16-10-12-17-11-4-7-14-6-3-8-15(14)17/h14-16H,2-13H2,1H3. The molecule has 0 radical (unpaired) electrons. The average Bonchev–Trinajstić information content (AvgIpc) is 2.86. The van der Waals surface area contributed by atoms with Crippen LogP contribution in [0, 0.1) is 5.92 Å². The van der Waals surface area contributed by atoms with Crippen LogP contribution < -0.4 is 5.32 Å². The first-order valence-electron chi connectivity index (χ1n) is 7.94. The second-order valence-electron chi connectivity index (χ2n) is 5.74. The lowest BCUT2D eigenvalue weighted by Gasteiger charge is -2.37. The Hall–Kier alpha value is -0.120.